The number of carbonyl (C=O) groups is 1. The highest BCUT2D eigenvalue weighted by Gasteiger charge is 2.38. The van der Waals surface area contributed by atoms with E-state index in [4.69, 9.17) is 4.74 Å². The van der Waals surface area contributed by atoms with E-state index in [-0.39, 0.29) is 18.2 Å². The molecule has 0 spiro atoms. The fourth-order valence-electron chi connectivity index (χ4n) is 2.96. The molecule has 2 atom stereocenters. The van der Waals surface area contributed by atoms with Crippen LogP contribution in [0.25, 0.3) is 0 Å². The van der Waals surface area contributed by atoms with Crippen LogP contribution in [0.1, 0.15) is 24.8 Å². The van der Waals surface area contributed by atoms with E-state index in [1.807, 2.05) is 17.0 Å². The van der Waals surface area contributed by atoms with Gasteiger partial charge in [0.1, 0.15) is 0 Å². The highest BCUT2D eigenvalue weighted by molar-refractivity contribution is 5.74. The molecule has 1 N–H and O–H groups in total. The Balaban J connectivity index is 1.57. The molecule has 2 unspecified atom stereocenters. The van der Waals surface area contributed by atoms with Crippen LogP contribution < -0.4 is 5.32 Å². The largest absolute Gasteiger partial charge is 0.374 e. The molecule has 1 aliphatic carbocycles. The van der Waals surface area contributed by atoms with E-state index in [2.05, 4.69) is 10.3 Å². The van der Waals surface area contributed by atoms with Crippen LogP contribution in [0.2, 0.25) is 0 Å². The third kappa shape index (κ3) is 2.71. The van der Waals surface area contributed by atoms with Crippen LogP contribution in [-0.2, 0) is 11.3 Å². The van der Waals surface area contributed by atoms with Crippen LogP contribution in [0, 0.1) is 0 Å². The topological polar surface area (TPSA) is 54.5 Å². The zero-order chi connectivity index (χ0) is 13.1. The number of nitrogens with one attached hydrogen (secondary N) is 1. The van der Waals surface area contributed by atoms with Crippen molar-refractivity contribution < 1.29 is 9.53 Å². The Morgan fingerprint density at radius 3 is 3.32 bits per heavy atom. The number of nitrogens with zero attached hydrogens (tertiary/aromatic N) is 2. The lowest BCUT2D eigenvalue weighted by molar-refractivity contribution is -0.0383. The summed E-state index contributed by atoms with van der Waals surface area (Å²) in [6, 6.07) is 4.13. The second-order valence-electron chi connectivity index (χ2n) is 5.12. The summed E-state index contributed by atoms with van der Waals surface area (Å²) in [5, 5.41) is 2.97. The maximum atomic E-state index is 12.3. The number of hydrogen-bond acceptors (Lipinski definition) is 3. The lowest BCUT2D eigenvalue weighted by Gasteiger charge is -2.37. The van der Waals surface area contributed by atoms with Gasteiger partial charge in [-0.1, -0.05) is 6.07 Å². The first-order chi connectivity index (χ1) is 9.34. The Hall–Kier alpha value is -1.62. The predicted molar refractivity (Wildman–Crippen MR) is 70.6 cm³/mol. The minimum absolute atomic E-state index is 0.0176. The van der Waals surface area contributed by atoms with Crippen molar-refractivity contribution in [3.63, 3.8) is 0 Å². The van der Waals surface area contributed by atoms with Crippen molar-refractivity contribution >= 4 is 6.03 Å². The van der Waals surface area contributed by atoms with Gasteiger partial charge in [-0.25, -0.2) is 4.79 Å². The molecule has 1 saturated heterocycles. The van der Waals surface area contributed by atoms with Crippen molar-refractivity contribution in [2.75, 3.05) is 13.2 Å². The normalized spacial score (nSPS) is 26.0. The summed E-state index contributed by atoms with van der Waals surface area (Å²) in [5.41, 5.74) is 1.02. The van der Waals surface area contributed by atoms with Gasteiger partial charge < -0.3 is 15.0 Å². The fourth-order valence-corrected chi connectivity index (χ4v) is 2.96. The number of carbonyl (C=O) groups excluding carboxylic acids is 1. The molecule has 2 heterocycles. The molecule has 0 aromatic carbocycles. The maximum absolute atomic E-state index is 12.3. The zero-order valence-electron chi connectivity index (χ0n) is 10.9. The molecule has 3 rings (SSSR count). The molecule has 19 heavy (non-hydrogen) atoms. The molecule has 2 fully saturated rings. The van der Waals surface area contributed by atoms with Gasteiger partial charge in [0.25, 0.3) is 0 Å². The number of morpholine rings is 1. The molecule has 1 aromatic rings. The summed E-state index contributed by atoms with van der Waals surface area (Å²) in [6.07, 6.45) is 7.05. The van der Waals surface area contributed by atoms with E-state index in [1.165, 1.54) is 0 Å². The highest BCUT2D eigenvalue weighted by Crippen LogP contribution is 2.29. The number of pyridine rings is 1. The van der Waals surface area contributed by atoms with Crippen molar-refractivity contribution in [2.24, 2.45) is 0 Å². The SMILES string of the molecule is O=C(NCc1cccnc1)N1CCOC2CCCC21. The third-order valence-electron chi connectivity index (χ3n) is 3.91. The average molecular weight is 261 g/mol. The lowest BCUT2D eigenvalue weighted by atomic mass is 10.1. The molecule has 1 aliphatic heterocycles. The van der Waals surface area contributed by atoms with Crippen LogP contribution in [0.15, 0.2) is 24.5 Å². The predicted octanol–water partition coefficient (Wildman–Crippen LogP) is 1.54. The number of ether oxygens (including phenoxy) is 1. The number of urea groups is 1. The number of amides is 2. The van der Waals surface area contributed by atoms with Gasteiger partial charge in [0, 0.05) is 25.5 Å². The van der Waals surface area contributed by atoms with E-state index >= 15 is 0 Å². The zero-order valence-corrected chi connectivity index (χ0v) is 10.9. The number of hydrogen-bond donors (Lipinski definition) is 1. The van der Waals surface area contributed by atoms with Crippen molar-refractivity contribution in [3.05, 3.63) is 30.1 Å². The number of aromatic nitrogens is 1. The van der Waals surface area contributed by atoms with Gasteiger partial charge in [0.05, 0.1) is 18.8 Å². The van der Waals surface area contributed by atoms with E-state index < -0.39 is 0 Å². The molecule has 1 saturated carbocycles. The first-order valence-corrected chi connectivity index (χ1v) is 6.89. The molecule has 2 aliphatic rings. The smallest absolute Gasteiger partial charge is 0.318 e. The summed E-state index contributed by atoms with van der Waals surface area (Å²) in [5.74, 6) is 0. The summed E-state index contributed by atoms with van der Waals surface area (Å²) in [4.78, 5) is 18.2. The van der Waals surface area contributed by atoms with Crippen LogP contribution in [-0.4, -0.2) is 41.2 Å². The summed E-state index contributed by atoms with van der Waals surface area (Å²) >= 11 is 0. The summed E-state index contributed by atoms with van der Waals surface area (Å²) < 4.78 is 5.71. The first kappa shape index (κ1) is 12.4. The molecule has 5 nitrogen and oxygen atoms in total. The van der Waals surface area contributed by atoms with Crippen LogP contribution in [0.4, 0.5) is 4.79 Å². The number of rotatable bonds is 2. The van der Waals surface area contributed by atoms with Gasteiger partial charge in [-0.2, -0.15) is 0 Å². The molecule has 5 heteroatoms. The molecular weight excluding hydrogens is 242 g/mol. The second kappa shape index (κ2) is 5.57. The Morgan fingerprint density at radius 1 is 1.53 bits per heavy atom. The van der Waals surface area contributed by atoms with Gasteiger partial charge >= 0.3 is 6.03 Å². The molecule has 0 radical (unpaired) electrons. The fraction of sp³-hybridized carbons (Fsp3) is 0.571. The van der Waals surface area contributed by atoms with Crippen molar-refractivity contribution in [1.82, 2.24) is 15.2 Å². The van der Waals surface area contributed by atoms with Crippen LogP contribution >= 0.6 is 0 Å². The minimum Gasteiger partial charge on any atom is -0.374 e. The molecular formula is C14H19N3O2. The average Bonchev–Trinajstić information content (AvgIpc) is 2.94. The van der Waals surface area contributed by atoms with E-state index in [1.54, 1.807) is 12.4 Å². The monoisotopic (exact) mass is 261 g/mol. The molecule has 2 amide bonds. The summed E-state index contributed by atoms with van der Waals surface area (Å²) in [7, 11) is 0. The second-order valence-corrected chi connectivity index (χ2v) is 5.12. The highest BCUT2D eigenvalue weighted by atomic mass is 16.5. The molecule has 1 aromatic heterocycles. The van der Waals surface area contributed by atoms with Crippen LogP contribution in [0.5, 0.6) is 0 Å². The maximum Gasteiger partial charge on any atom is 0.318 e. The van der Waals surface area contributed by atoms with Gasteiger partial charge in [-0.15, -0.1) is 0 Å². The Bertz CT molecular complexity index is 438. The Kier molecular flexibility index (Phi) is 3.64. The molecule has 0 bridgehead atoms. The van der Waals surface area contributed by atoms with Gasteiger partial charge in [-0.05, 0) is 30.9 Å². The number of fused-ring (bicyclic) bond motifs is 1. The van der Waals surface area contributed by atoms with Gasteiger partial charge in [0.15, 0.2) is 0 Å². The van der Waals surface area contributed by atoms with Gasteiger partial charge in [0.2, 0.25) is 0 Å². The molecule has 102 valence electrons. The Labute approximate surface area is 113 Å². The summed E-state index contributed by atoms with van der Waals surface area (Å²) in [6.45, 7) is 1.88. The van der Waals surface area contributed by atoms with E-state index in [0.717, 1.165) is 24.8 Å². The van der Waals surface area contributed by atoms with Gasteiger partial charge in [-0.3, -0.25) is 4.98 Å². The quantitative estimate of drug-likeness (QED) is 0.878. The first-order valence-electron chi connectivity index (χ1n) is 6.89. The van der Waals surface area contributed by atoms with E-state index in [0.29, 0.717) is 19.7 Å². The van der Waals surface area contributed by atoms with Crippen LogP contribution in [0.3, 0.4) is 0 Å². The minimum atomic E-state index is 0.0176. The van der Waals surface area contributed by atoms with Crippen molar-refractivity contribution in [1.29, 1.82) is 0 Å². The third-order valence-corrected chi connectivity index (χ3v) is 3.91. The lowest BCUT2D eigenvalue weighted by Crippen LogP contribution is -2.54. The van der Waals surface area contributed by atoms with Crippen molar-refractivity contribution in [3.8, 4) is 0 Å². The standard InChI is InChI=1S/C14H19N3O2/c18-14(16-10-11-3-2-6-15-9-11)17-7-8-19-13-5-1-4-12(13)17/h2-3,6,9,12-13H,1,4-5,7-8,10H2,(H,16,18). The Morgan fingerprint density at radius 2 is 2.47 bits per heavy atom. The van der Waals surface area contributed by atoms with E-state index in [9.17, 15) is 4.79 Å². The van der Waals surface area contributed by atoms with Crippen molar-refractivity contribution in [2.45, 2.75) is 38.0 Å².